The summed E-state index contributed by atoms with van der Waals surface area (Å²) in [5, 5.41) is 3.77. The van der Waals surface area contributed by atoms with Gasteiger partial charge in [0.05, 0.1) is 5.69 Å². The van der Waals surface area contributed by atoms with Crippen molar-refractivity contribution in [2.24, 2.45) is 7.05 Å². The summed E-state index contributed by atoms with van der Waals surface area (Å²) in [6.07, 6.45) is 0. The first-order valence-corrected chi connectivity index (χ1v) is 7.54. The van der Waals surface area contributed by atoms with Gasteiger partial charge in [0.2, 0.25) is 16.0 Å². The Labute approximate surface area is 117 Å². The first-order valence-electron chi connectivity index (χ1n) is 6.05. The highest BCUT2D eigenvalue weighted by Gasteiger charge is 2.26. The molecule has 0 saturated carbocycles. The van der Waals surface area contributed by atoms with Crippen LogP contribution in [0.5, 0.6) is 0 Å². The molecule has 0 spiro atoms. The Morgan fingerprint density at radius 1 is 1.25 bits per heavy atom. The van der Waals surface area contributed by atoms with Crippen LogP contribution in [0.3, 0.4) is 0 Å². The lowest BCUT2D eigenvalue weighted by Gasteiger charge is -2.06. The van der Waals surface area contributed by atoms with Crippen molar-refractivity contribution in [1.82, 2.24) is 14.5 Å². The van der Waals surface area contributed by atoms with Crippen LogP contribution in [0.2, 0.25) is 0 Å². The van der Waals surface area contributed by atoms with Gasteiger partial charge in [-0.25, -0.2) is 17.8 Å². The molecule has 20 heavy (non-hydrogen) atoms. The highest BCUT2D eigenvalue weighted by atomic mass is 32.2. The van der Waals surface area contributed by atoms with Crippen LogP contribution in [0.25, 0.3) is 0 Å². The summed E-state index contributed by atoms with van der Waals surface area (Å²) in [7, 11) is -2.56. The van der Waals surface area contributed by atoms with E-state index in [0.29, 0.717) is 0 Å². The van der Waals surface area contributed by atoms with E-state index in [4.69, 9.17) is 0 Å². The van der Waals surface area contributed by atoms with Gasteiger partial charge in [0, 0.05) is 13.6 Å². The number of aryl methyl sites for hydroxylation is 3. The fourth-order valence-corrected chi connectivity index (χ4v) is 3.16. The Morgan fingerprint density at radius 3 is 2.35 bits per heavy atom. The molecule has 2 aromatic rings. The SMILES string of the molecule is Cc1ccc(CNS(=O)(=O)c2c(C)nn(C)c2F)cc1. The lowest BCUT2D eigenvalue weighted by atomic mass is 10.2. The Kier molecular flexibility index (Phi) is 3.92. The van der Waals surface area contributed by atoms with Gasteiger partial charge >= 0.3 is 0 Å². The molecule has 0 aliphatic rings. The third-order valence-electron chi connectivity index (χ3n) is 2.96. The first-order chi connectivity index (χ1) is 9.31. The van der Waals surface area contributed by atoms with E-state index in [1.54, 1.807) is 0 Å². The van der Waals surface area contributed by atoms with Crippen LogP contribution in [-0.4, -0.2) is 18.2 Å². The number of hydrogen-bond donors (Lipinski definition) is 1. The molecule has 1 heterocycles. The van der Waals surface area contributed by atoms with E-state index in [9.17, 15) is 12.8 Å². The number of nitrogens with zero attached hydrogens (tertiary/aromatic N) is 2. The molecule has 0 aliphatic heterocycles. The summed E-state index contributed by atoms with van der Waals surface area (Å²) in [4.78, 5) is -0.396. The van der Waals surface area contributed by atoms with Gasteiger partial charge < -0.3 is 0 Å². The summed E-state index contributed by atoms with van der Waals surface area (Å²) < 4.78 is 41.3. The summed E-state index contributed by atoms with van der Waals surface area (Å²) in [5.74, 6) is -0.862. The van der Waals surface area contributed by atoms with Crippen molar-refractivity contribution in [3.63, 3.8) is 0 Å². The van der Waals surface area contributed by atoms with E-state index in [1.165, 1.54) is 14.0 Å². The molecule has 0 unspecified atom stereocenters. The van der Waals surface area contributed by atoms with E-state index in [1.807, 2.05) is 31.2 Å². The van der Waals surface area contributed by atoms with E-state index in [0.717, 1.165) is 15.8 Å². The molecule has 0 fully saturated rings. The third-order valence-corrected chi connectivity index (χ3v) is 4.48. The Bertz CT molecular complexity index is 721. The number of halogens is 1. The monoisotopic (exact) mass is 297 g/mol. The van der Waals surface area contributed by atoms with Crippen LogP contribution >= 0.6 is 0 Å². The summed E-state index contributed by atoms with van der Waals surface area (Å²) in [6.45, 7) is 3.52. The quantitative estimate of drug-likeness (QED) is 0.933. The number of aromatic nitrogens is 2. The van der Waals surface area contributed by atoms with Gasteiger partial charge in [-0.05, 0) is 19.4 Å². The molecule has 1 aromatic heterocycles. The van der Waals surface area contributed by atoms with Gasteiger partial charge in [0.15, 0.2) is 4.90 Å². The van der Waals surface area contributed by atoms with E-state index < -0.39 is 20.9 Å². The molecule has 0 bridgehead atoms. The summed E-state index contributed by atoms with van der Waals surface area (Å²) in [5.41, 5.74) is 2.04. The van der Waals surface area contributed by atoms with Crippen molar-refractivity contribution in [2.45, 2.75) is 25.3 Å². The Balaban J connectivity index is 2.21. The zero-order valence-corrected chi connectivity index (χ0v) is 12.3. The van der Waals surface area contributed by atoms with Crippen molar-refractivity contribution >= 4 is 10.0 Å². The van der Waals surface area contributed by atoms with Crippen molar-refractivity contribution in [2.75, 3.05) is 0 Å². The number of sulfonamides is 1. The second-order valence-electron chi connectivity index (χ2n) is 4.64. The fourth-order valence-electron chi connectivity index (χ4n) is 1.87. The molecule has 0 amide bonds. The molecule has 0 atom stereocenters. The lowest BCUT2D eigenvalue weighted by molar-refractivity contribution is 0.481. The van der Waals surface area contributed by atoms with E-state index in [-0.39, 0.29) is 12.2 Å². The van der Waals surface area contributed by atoms with Crippen molar-refractivity contribution < 1.29 is 12.8 Å². The maximum Gasteiger partial charge on any atom is 0.247 e. The highest BCUT2D eigenvalue weighted by Crippen LogP contribution is 2.18. The number of nitrogens with one attached hydrogen (secondary N) is 1. The van der Waals surface area contributed by atoms with E-state index in [2.05, 4.69) is 9.82 Å². The molecule has 5 nitrogen and oxygen atoms in total. The molecule has 1 N–H and O–H groups in total. The van der Waals surface area contributed by atoms with Crippen LogP contribution in [0.1, 0.15) is 16.8 Å². The average molecular weight is 297 g/mol. The molecular formula is C13H16FN3O2S. The van der Waals surface area contributed by atoms with E-state index >= 15 is 0 Å². The van der Waals surface area contributed by atoms with Crippen LogP contribution in [-0.2, 0) is 23.6 Å². The second kappa shape index (κ2) is 5.34. The lowest BCUT2D eigenvalue weighted by Crippen LogP contribution is -2.24. The first kappa shape index (κ1) is 14.7. The molecule has 0 saturated heterocycles. The van der Waals surface area contributed by atoms with Crippen molar-refractivity contribution in [1.29, 1.82) is 0 Å². The molecule has 2 rings (SSSR count). The van der Waals surface area contributed by atoms with Gasteiger partial charge in [0.25, 0.3) is 0 Å². The Morgan fingerprint density at radius 2 is 1.85 bits per heavy atom. The summed E-state index contributed by atoms with van der Waals surface area (Å²) in [6, 6.07) is 7.42. The van der Waals surface area contributed by atoms with Crippen LogP contribution in [0, 0.1) is 19.8 Å². The molecule has 7 heteroatoms. The Hall–Kier alpha value is -1.73. The van der Waals surface area contributed by atoms with Crippen molar-refractivity contribution in [3.8, 4) is 0 Å². The normalized spacial score (nSPS) is 11.8. The predicted octanol–water partition coefficient (Wildman–Crippen LogP) is 1.65. The molecule has 0 radical (unpaired) electrons. The minimum atomic E-state index is -3.92. The zero-order chi connectivity index (χ0) is 14.9. The molecular weight excluding hydrogens is 281 g/mol. The topological polar surface area (TPSA) is 64.0 Å². The predicted molar refractivity (Wildman–Crippen MR) is 73.1 cm³/mol. The van der Waals surface area contributed by atoms with Crippen LogP contribution in [0.4, 0.5) is 4.39 Å². The number of hydrogen-bond acceptors (Lipinski definition) is 3. The molecule has 1 aromatic carbocycles. The maximum absolute atomic E-state index is 13.8. The highest BCUT2D eigenvalue weighted by molar-refractivity contribution is 7.89. The number of benzene rings is 1. The minimum absolute atomic E-state index is 0.108. The van der Waals surface area contributed by atoms with Gasteiger partial charge in [-0.3, -0.25) is 0 Å². The number of rotatable bonds is 4. The van der Waals surface area contributed by atoms with Gasteiger partial charge in [-0.2, -0.15) is 9.49 Å². The van der Waals surface area contributed by atoms with Gasteiger partial charge in [-0.1, -0.05) is 29.8 Å². The second-order valence-corrected chi connectivity index (χ2v) is 6.34. The largest absolute Gasteiger partial charge is 0.247 e. The minimum Gasteiger partial charge on any atom is -0.241 e. The smallest absolute Gasteiger partial charge is 0.241 e. The molecule has 108 valence electrons. The van der Waals surface area contributed by atoms with Gasteiger partial charge in [-0.15, -0.1) is 0 Å². The average Bonchev–Trinajstić information content (AvgIpc) is 2.63. The molecule has 0 aliphatic carbocycles. The third kappa shape index (κ3) is 2.88. The van der Waals surface area contributed by atoms with Crippen LogP contribution < -0.4 is 4.72 Å². The summed E-state index contributed by atoms with van der Waals surface area (Å²) >= 11 is 0. The maximum atomic E-state index is 13.8. The fraction of sp³-hybridized carbons (Fsp3) is 0.308. The zero-order valence-electron chi connectivity index (χ0n) is 11.5. The van der Waals surface area contributed by atoms with Crippen LogP contribution in [0.15, 0.2) is 29.2 Å². The van der Waals surface area contributed by atoms with Gasteiger partial charge in [0.1, 0.15) is 0 Å². The van der Waals surface area contributed by atoms with Crippen molar-refractivity contribution in [3.05, 3.63) is 47.0 Å². The standard InChI is InChI=1S/C13H16FN3O2S/c1-9-4-6-11(7-5-9)8-15-20(18,19)12-10(2)16-17(3)13(12)14/h4-7,15H,8H2,1-3H3.